The van der Waals surface area contributed by atoms with Gasteiger partial charge in [0.05, 0.1) is 0 Å². The first-order valence-corrected chi connectivity index (χ1v) is 6.41. The van der Waals surface area contributed by atoms with Crippen molar-refractivity contribution in [3.8, 4) is 0 Å². The second kappa shape index (κ2) is 5.61. The highest BCUT2D eigenvalue weighted by Crippen LogP contribution is 2.18. The summed E-state index contributed by atoms with van der Waals surface area (Å²) in [5, 5.41) is 0. The number of hydrogen-bond acceptors (Lipinski definition) is 2. The Hall–Kier alpha value is -0.930. The monoisotopic (exact) mass is 236 g/mol. The molecule has 1 heterocycles. The molecule has 2 N–H and O–H groups in total. The van der Waals surface area contributed by atoms with Crippen molar-refractivity contribution in [2.75, 3.05) is 19.6 Å². The fraction of sp³-hybridized carbons (Fsp3) is 0.571. The van der Waals surface area contributed by atoms with Crippen molar-refractivity contribution in [1.29, 1.82) is 0 Å². The number of likely N-dealkylation sites (tertiary alicyclic amines) is 1. The van der Waals surface area contributed by atoms with Crippen molar-refractivity contribution >= 4 is 0 Å². The molecule has 94 valence electrons. The fourth-order valence-corrected chi connectivity index (χ4v) is 2.42. The molecule has 0 aliphatic carbocycles. The van der Waals surface area contributed by atoms with Crippen LogP contribution in [-0.4, -0.2) is 24.5 Å². The van der Waals surface area contributed by atoms with E-state index in [1.165, 1.54) is 25.3 Å². The smallest absolute Gasteiger partial charge is 0.126 e. The summed E-state index contributed by atoms with van der Waals surface area (Å²) in [6.07, 6.45) is 3.88. The Kier molecular flexibility index (Phi) is 4.13. The maximum Gasteiger partial charge on any atom is 0.126 e. The van der Waals surface area contributed by atoms with Gasteiger partial charge in [-0.2, -0.15) is 0 Å². The number of nitrogens with two attached hydrogens (primary N) is 1. The van der Waals surface area contributed by atoms with Crippen molar-refractivity contribution in [3.63, 3.8) is 0 Å². The molecule has 0 aromatic heterocycles. The molecule has 1 saturated heterocycles. The number of piperidine rings is 1. The maximum atomic E-state index is 13.2. The molecular weight excluding hydrogens is 215 g/mol. The van der Waals surface area contributed by atoms with E-state index in [0.29, 0.717) is 5.56 Å². The molecule has 1 atom stereocenters. The van der Waals surface area contributed by atoms with Gasteiger partial charge in [0.2, 0.25) is 0 Å². The largest absolute Gasteiger partial charge is 0.323 e. The lowest BCUT2D eigenvalue weighted by Crippen LogP contribution is -2.36. The molecule has 17 heavy (non-hydrogen) atoms. The highest BCUT2D eigenvalue weighted by molar-refractivity contribution is 5.26. The molecule has 1 aromatic rings. The molecule has 1 unspecified atom stereocenters. The van der Waals surface area contributed by atoms with Crippen LogP contribution in [0.15, 0.2) is 18.2 Å². The van der Waals surface area contributed by atoms with Gasteiger partial charge < -0.3 is 10.6 Å². The zero-order valence-electron chi connectivity index (χ0n) is 10.5. The summed E-state index contributed by atoms with van der Waals surface area (Å²) in [6, 6.07) is 5.18. The SMILES string of the molecule is Cc1cc(C(N)CN2CCCCC2)ccc1F. The van der Waals surface area contributed by atoms with E-state index in [4.69, 9.17) is 5.73 Å². The molecule has 0 saturated carbocycles. The number of hydrogen-bond donors (Lipinski definition) is 1. The average Bonchev–Trinajstić information content (AvgIpc) is 2.34. The summed E-state index contributed by atoms with van der Waals surface area (Å²) >= 11 is 0. The van der Waals surface area contributed by atoms with Gasteiger partial charge in [0, 0.05) is 12.6 Å². The first-order valence-electron chi connectivity index (χ1n) is 6.41. The van der Waals surface area contributed by atoms with Crippen LogP contribution < -0.4 is 5.73 Å². The van der Waals surface area contributed by atoms with E-state index in [9.17, 15) is 4.39 Å². The van der Waals surface area contributed by atoms with Gasteiger partial charge in [-0.05, 0) is 50.0 Å². The van der Waals surface area contributed by atoms with E-state index >= 15 is 0 Å². The molecule has 1 aromatic carbocycles. The van der Waals surface area contributed by atoms with Crippen LogP contribution in [0.5, 0.6) is 0 Å². The summed E-state index contributed by atoms with van der Waals surface area (Å²) in [5.74, 6) is -0.154. The minimum absolute atomic E-state index is 0.00704. The summed E-state index contributed by atoms with van der Waals surface area (Å²) in [5.41, 5.74) is 7.89. The van der Waals surface area contributed by atoms with E-state index in [0.717, 1.165) is 25.2 Å². The first kappa shape index (κ1) is 12.5. The van der Waals surface area contributed by atoms with Gasteiger partial charge in [-0.15, -0.1) is 0 Å². The molecule has 3 heteroatoms. The van der Waals surface area contributed by atoms with E-state index in [-0.39, 0.29) is 11.9 Å². The summed E-state index contributed by atoms with van der Waals surface area (Å²) in [4.78, 5) is 2.41. The van der Waals surface area contributed by atoms with E-state index in [1.807, 2.05) is 6.07 Å². The lowest BCUT2D eigenvalue weighted by Gasteiger charge is -2.29. The minimum Gasteiger partial charge on any atom is -0.323 e. The Labute approximate surface area is 103 Å². The van der Waals surface area contributed by atoms with Crippen LogP contribution >= 0.6 is 0 Å². The Morgan fingerprint density at radius 1 is 1.29 bits per heavy atom. The Morgan fingerprint density at radius 3 is 2.65 bits per heavy atom. The van der Waals surface area contributed by atoms with Crippen LogP contribution in [0.4, 0.5) is 4.39 Å². The number of benzene rings is 1. The van der Waals surface area contributed by atoms with Crippen molar-refractivity contribution in [3.05, 3.63) is 35.1 Å². The van der Waals surface area contributed by atoms with Crippen LogP contribution in [0.25, 0.3) is 0 Å². The predicted octanol–water partition coefficient (Wildman–Crippen LogP) is 2.62. The Bertz CT molecular complexity index is 372. The Balaban J connectivity index is 1.98. The van der Waals surface area contributed by atoms with Crippen molar-refractivity contribution in [1.82, 2.24) is 4.90 Å². The van der Waals surface area contributed by atoms with Gasteiger partial charge in [0.15, 0.2) is 0 Å². The molecule has 0 radical (unpaired) electrons. The second-order valence-electron chi connectivity index (χ2n) is 4.98. The quantitative estimate of drug-likeness (QED) is 0.874. The standard InChI is InChI=1S/C14H21FN2/c1-11-9-12(5-6-13(11)15)14(16)10-17-7-3-2-4-8-17/h5-6,9,14H,2-4,7-8,10,16H2,1H3. The third kappa shape index (κ3) is 3.27. The van der Waals surface area contributed by atoms with Crippen molar-refractivity contribution in [2.24, 2.45) is 5.73 Å². The van der Waals surface area contributed by atoms with E-state index in [2.05, 4.69) is 4.90 Å². The van der Waals surface area contributed by atoms with E-state index in [1.54, 1.807) is 13.0 Å². The van der Waals surface area contributed by atoms with Gasteiger partial charge in [-0.3, -0.25) is 0 Å². The van der Waals surface area contributed by atoms with Gasteiger partial charge in [0.1, 0.15) is 5.82 Å². The molecule has 0 spiro atoms. The fourth-order valence-electron chi connectivity index (χ4n) is 2.42. The second-order valence-corrected chi connectivity index (χ2v) is 4.98. The molecular formula is C14H21FN2. The molecule has 1 aliphatic rings. The average molecular weight is 236 g/mol. The highest BCUT2D eigenvalue weighted by Gasteiger charge is 2.15. The topological polar surface area (TPSA) is 29.3 Å². The maximum absolute atomic E-state index is 13.2. The number of nitrogens with zero attached hydrogens (tertiary/aromatic N) is 1. The first-order chi connectivity index (χ1) is 8.16. The van der Waals surface area contributed by atoms with Gasteiger partial charge in [0.25, 0.3) is 0 Å². The third-order valence-electron chi connectivity index (χ3n) is 3.51. The number of halogens is 1. The van der Waals surface area contributed by atoms with E-state index < -0.39 is 0 Å². The van der Waals surface area contributed by atoms with Crippen LogP contribution in [0, 0.1) is 12.7 Å². The minimum atomic E-state index is -0.154. The predicted molar refractivity (Wildman–Crippen MR) is 68.4 cm³/mol. The lowest BCUT2D eigenvalue weighted by molar-refractivity contribution is 0.216. The molecule has 2 rings (SSSR count). The lowest BCUT2D eigenvalue weighted by atomic mass is 10.0. The van der Waals surface area contributed by atoms with Gasteiger partial charge >= 0.3 is 0 Å². The van der Waals surface area contributed by atoms with Gasteiger partial charge in [-0.25, -0.2) is 4.39 Å². The summed E-state index contributed by atoms with van der Waals surface area (Å²) in [6.45, 7) is 4.96. The molecule has 0 bridgehead atoms. The number of aryl methyl sites for hydroxylation is 1. The third-order valence-corrected chi connectivity index (χ3v) is 3.51. The molecule has 2 nitrogen and oxygen atoms in total. The van der Waals surface area contributed by atoms with Crippen LogP contribution in [0.2, 0.25) is 0 Å². The zero-order valence-corrected chi connectivity index (χ0v) is 10.5. The molecule has 1 fully saturated rings. The van der Waals surface area contributed by atoms with Crippen molar-refractivity contribution < 1.29 is 4.39 Å². The Morgan fingerprint density at radius 2 is 2.00 bits per heavy atom. The van der Waals surface area contributed by atoms with Crippen molar-refractivity contribution in [2.45, 2.75) is 32.2 Å². The highest BCUT2D eigenvalue weighted by atomic mass is 19.1. The van der Waals surface area contributed by atoms with Gasteiger partial charge in [-0.1, -0.05) is 18.6 Å². The molecule has 1 aliphatic heterocycles. The normalized spacial score (nSPS) is 19.2. The van der Waals surface area contributed by atoms with Crippen LogP contribution in [-0.2, 0) is 0 Å². The summed E-state index contributed by atoms with van der Waals surface area (Å²) in [7, 11) is 0. The summed E-state index contributed by atoms with van der Waals surface area (Å²) < 4.78 is 13.2. The van der Waals surface area contributed by atoms with Crippen LogP contribution in [0.3, 0.4) is 0 Å². The van der Waals surface area contributed by atoms with Crippen LogP contribution in [0.1, 0.15) is 36.4 Å². The molecule has 0 amide bonds. The number of rotatable bonds is 3. The zero-order chi connectivity index (χ0) is 12.3.